The van der Waals surface area contributed by atoms with Gasteiger partial charge in [0.05, 0.1) is 5.41 Å². The van der Waals surface area contributed by atoms with Gasteiger partial charge in [0, 0.05) is 17.8 Å². The molecule has 2 N–H and O–H groups in total. The summed E-state index contributed by atoms with van der Waals surface area (Å²) < 4.78 is 0. The Morgan fingerprint density at radius 3 is 2.11 bits per heavy atom. The SMILES string of the molecule is Cc1ccc(NC(=O)C2(c3ccccc3)CC2)cc1-c1ccc(CNC(=O)c2ccccc2)cc1. The highest BCUT2D eigenvalue weighted by molar-refractivity contribution is 6.01. The van der Waals surface area contributed by atoms with Gasteiger partial charge in [0.25, 0.3) is 5.91 Å². The van der Waals surface area contributed by atoms with Crippen LogP contribution in [-0.2, 0) is 16.8 Å². The quantitative estimate of drug-likeness (QED) is 0.342. The number of nitrogens with one attached hydrogen (secondary N) is 2. The third-order valence-electron chi connectivity index (χ3n) is 6.76. The van der Waals surface area contributed by atoms with Crippen LogP contribution in [0.15, 0.2) is 103 Å². The van der Waals surface area contributed by atoms with Gasteiger partial charge >= 0.3 is 0 Å². The van der Waals surface area contributed by atoms with Crippen molar-refractivity contribution < 1.29 is 9.59 Å². The summed E-state index contributed by atoms with van der Waals surface area (Å²) in [6.45, 7) is 2.53. The number of amides is 2. The maximum absolute atomic E-state index is 13.2. The molecule has 0 heterocycles. The first-order valence-electron chi connectivity index (χ1n) is 12.0. The minimum atomic E-state index is -0.405. The fraction of sp³-hybridized carbons (Fsp3) is 0.161. The molecular weight excluding hydrogens is 432 g/mol. The van der Waals surface area contributed by atoms with Gasteiger partial charge in [0.15, 0.2) is 0 Å². The summed E-state index contributed by atoms with van der Waals surface area (Å²) in [6.07, 6.45) is 1.76. The third-order valence-corrected chi connectivity index (χ3v) is 6.76. The predicted octanol–water partition coefficient (Wildman–Crippen LogP) is 6.26. The summed E-state index contributed by atoms with van der Waals surface area (Å²) in [5, 5.41) is 6.12. The van der Waals surface area contributed by atoms with Crippen LogP contribution in [0.4, 0.5) is 5.69 Å². The van der Waals surface area contributed by atoms with E-state index in [0.29, 0.717) is 12.1 Å². The van der Waals surface area contributed by atoms with Crippen LogP contribution in [0.1, 0.15) is 39.9 Å². The number of benzene rings is 4. The van der Waals surface area contributed by atoms with Gasteiger partial charge in [-0.25, -0.2) is 0 Å². The molecule has 5 rings (SSSR count). The van der Waals surface area contributed by atoms with Crippen molar-refractivity contribution in [2.24, 2.45) is 0 Å². The average molecular weight is 461 g/mol. The molecule has 0 spiro atoms. The molecule has 35 heavy (non-hydrogen) atoms. The highest BCUT2D eigenvalue weighted by atomic mass is 16.2. The molecule has 0 unspecified atom stereocenters. The van der Waals surface area contributed by atoms with Crippen molar-refractivity contribution >= 4 is 17.5 Å². The summed E-state index contributed by atoms with van der Waals surface area (Å²) in [4.78, 5) is 25.5. The molecule has 4 nitrogen and oxygen atoms in total. The lowest BCUT2D eigenvalue weighted by Crippen LogP contribution is -2.27. The summed E-state index contributed by atoms with van der Waals surface area (Å²) in [6, 6.07) is 33.5. The second-order valence-corrected chi connectivity index (χ2v) is 9.18. The second-order valence-electron chi connectivity index (χ2n) is 9.18. The van der Waals surface area contributed by atoms with Gasteiger partial charge in [-0.2, -0.15) is 0 Å². The van der Waals surface area contributed by atoms with Gasteiger partial charge < -0.3 is 10.6 Å². The first kappa shape index (κ1) is 22.6. The standard InChI is InChI=1S/C31H28N2O2/c1-22-12-17-27(33-30(35)31(18-19-31)26-10-6-3-7-11-26)20-28(22)24-15-13-23(14-16-24)21-32-29(34)25-8-4-2-5-9-25/h2-17,20H,18-19,21H2,1H3,(H,32,34)(H,33,35). The third kappa shape index (κ3) is 4.87. The number of hydrogen-bond donors (Lipinski definition) is 2. The van der Waals surface area contributed by atoms with Crippen LogP contribution in [0.3, 0.4) is 0 Å². The number of aryl methyl sites for hydroxylation is 1. The maximum atomic E-state index is 13.2. The molecule has 0 bridgehead atoms. The van der Waals surface area contributed by atoms with Gasteiger partial charge in [-0.1, -0.05) is 78.9 Å². The molecule has 1 saturated carbocycles. The molecule has 0 saturated heterocycles. The van der Waals surface area contributed by atoms with E-state index in [1.165, 1.54) is 0 Å². The van der Waals surface area contributed by atoms with Crippen LogP contribution >= 0.6 is 0 Å². The summed E-state index contributed by atoms with van der Waals surface area (Å²) in [5.41, 5.74) is 6.44. The fourth-order valence-electron chi connectivity index (χ4n) is 4.47. The normalized spacial score (nSPS) is 13.6. The molecule has 2 amide bonds. The van der Waals surface area contributed by atoms with Crippen molar-refractivity contribution in [1.82, 2.24) is 5.32 Å². The molecule has 1 aliphatic carbocycles. The zero-order valence-electron chi connectivity index (χ0n) is 19.8. The van der Waals surface area contributed by atoms with E-state index in [0.717, 1.165) is 46.3 Å². The van der Waals surface area contributed by atoms with Crippen LogP contribution in [0.25, 0.3) is 11.1 Å². The second kappa shape index (κ2) is 9.59. The van der Waals surface area contributed by atoms with Gasteiger partial charge in [-0.05, 0) is 71.8 Å². The zero-order valence-corrected chi connectivity index (χ0v) is 19.8. The molecule has 0 atom stereocenters. The Morgan fingerprint density at radius 2 is 1.46 bits per heavy atom. The smallest absolute Gasteiger partial charge is 0.251 e. The molecule has 4 aromatic carbocycles. The lowest BCUT2D eigenvalue weighted by atomic mass is 9.94. The summed E-state index contributed by atoms with van der Waals surface area (Å²) in [5.74, 6) is -0.0269. The van der Waals surface area contributed by atoms with Crippen molar-refractivity contribution in [3.05, 3.63) is 125 Å². The van der Waals surface area contributed by atoms with E-state index in [9.17, 15) is 9.59 Å². The van der Waals surface area contributed by atoms with Crippen molar-refractivity contribution in [1.29, 1.82) is 0 Å². The van der Waals surface area contributed by atoms with Crippen molar-refractivity contribution in [3.8, 4) is 11.1 Å². The van der Waals surface area contributed by atoms with Crippen LogP contribution in [0, 0.1) is 6.92 Å². The number of anilines is 1. The molecule has 0 aromatic heterocycles. The van der Waals surface area contributed by atoms with Crippen LogP contribution in [0.2, 0.25) is 0 Å². The topological polar surface area (TPSA) is 58.2 Å². The Kier molecular flexibility index (Phi) is 6.19. The minimum Gasteiger partial charge on any atom is -0.348 e. The zero-order chi connectivity index (χ0) is 24.3. The number of carbonyl (C=O) groups is 2. The predicted molar refractivity (Wildman–Crippen MR) is 140 cm³/mol. The van der Waals surface area contributed by atoms with Crippen LogP contribution in [-0.4, -0.2) is 11.8 Å². The van der Waals surface area contributed by atoms with Crippen molar-refractivity contribution in [2.45, 2.75) is 31.7 Å². The molecule has 0 radical (unpaired) electrons. The molecule has 4 heteroatoms. The molecule has 1 fully saturated rings. The Morgan fingerprint density at radius 1 is 0.800 bits per heavy atom. The summed E-state index contributed by atoms with van der Waals surface area (Å²) in [7, 11) is 0. The average Bonchev–Trinajstić information content (AvgIpc) is 3.72. The minimum absolute atomic E-state index is 0.0583. The highest BCUT2D eigenvalue weighted by Gasteiger charge is 2.51. The van der Waals surface area contributed by atoms with E-state index in [1.807, 2.05) is 78.9 Å². The number of rotatable bonds is 7. The van der Waals surface area contributed by atoms with Gasteiger partial charge in [-0.15, -0.1) is 0 Å². The van der Waals surface area contributed by atoms with E-state index in [2.05, 4.69) is 29.7 Å². The Bertz CT molecular complexity index is 1340. The first-order chi connectivity index (χ1) is 17.0. The van der Waals surface area contributed by atoms with E-state index in [4.69, 9.17) is 0 Å². The van der Waals surface area contributed by atoms with E-state index < -0.39 is 5.41 Å². The molecule has 1 aliphatic rings. The molecule has 4 aromatic rings. The fourth-order valence-corrected chi connectivity index (χ4v) is 4.47. The van der Waals surface area contributed by atoms with Gasteiger partial charge in [0.1, 0.15) is 0 Å². The van der Waals surface area contributed by atoms with Crippen molar-refractivity contribution in [2.75, 3.05) is 5.32 Å². The van der Waals surface area contributed by atoms with Gasteiger partial charge in [-0.3, -0.25) is 9.59 Å². The lowest BCUT2D eigenvalue weighted by Gasteiger charge is -2.17. The Balaban J connectivity index is 1.27. The number of carbonyl (C=O) groups excluding carboxylic acids is 2. The van der Waals surface area contributed by atoms with Crippen molar-refractivity contribution in [3.63, 3.8) is 0 Å². The van der Waals surface area contributed by atoms with Crippen LogP contribution < -0.4 is 10.6 Å². The molecular formula is C31H28N2O2. The highest BCUT2D eigenvalue weighted by Crippen LogP contribution is 2.49. The van der Waals surface area contributed by atoms with E-state index in [-0.39, 0.29) is 11.8 Å². The first-order valence-corrected chi connectivity index (χ1v) is 12.0. The van der Waals surface area contributed by atoms with Crippen LogP contribution in [0.5, 0.6) is 0 Å². The summed E-state index contributed by atoms with van der Waals surface area (Å²) >= 11 is 0. The largest absolute Gasteiger partial charge is 0.348 e. The molecule has 0 aliphatic heterocycles. The monoisotopic (exact) mass is 460 g/mol. The maximum Gasteiger partial charge on any atom is 0.251 e. The Hall–Kier alpha value is -4.18. The number of hydrogen-bond acceptors (Lipinski definition) is 2. The van der Waals surface area contributed by atoms with E-state index in [1.54, 1.807) is 12.1 Å². The molecule has 174 valence electrons. The Labute approximate surface area is 206 Å². The lowest BCUT2D eigenvalue weighted by molar-refractivity contribution is -0.118. The van der Waals surface area contributed by atoms with Gasteiger partial charge in [0.2, 0.25) is 5.91 Å². The van der Waals surface area contributed by atoms with E-state index >= 15 is 0 Å².